The van der Waals surface area contributed by atoms with Crippen molar-refractivity contribution >= 4 is 5.82 Å². The van der Waals surface area contributed by atoms with Gasteiger partial charge in [0.15, 0.2) is 5.82 Å². The maximum atomic E-state index is 4.36. The molecule has 0 atom stereocenters. The fourth-order valence-electron chi connectivity index (χ4n) is 1.75. The Hall–Kier alpha value is -1.03. The first-order chi connectivity index (χ1) is 5.72. The van der Waals surface area contributed by atoms with Gasteiger partial charge in [0, 0.05) is 32.7 Å². The molecule has 66 valence electrons. The van der Waals surface area contributed by atoms with Crippen molar-refractivity contribution in [2.24, 2.45) is 7.05 Å². The summed E-state index contributed by atoms with van der Waals surface area (Å²) in [6.45, 7) is 2.03. The average Bonchev–Trinajstić information content (AvgIpc) is 2.52. The first kappa shape index (κ1) is 7.61. The van der Waals surface area contributed by atoms with E-state index in [9.17, 15) is 0 Å². The van der Waals surface area contributed by atoms with Crippen LogP contribution < -0.4 is 5.32 Å². The minimum Gasteiger partial charge on any atom is -0.371 e. The summed E-state index contributed by atoms with van der Waals surface area (Å²) in [6, 6.07) is 0. The molecule has 0 fully saturated rings. The summed E-state index contributed by atoms with van der Waals surface area (Å²) >= 11 is 0. The maximum Gasteiger partial charge on any atom is 0.152 e. The van der Waals surface area contributed by atoms with E-state index < -0.39 is 0 Å². The minimum atomic E-state index is 1.01. The number of hydrogen-bond acceptors (Lipinski definition) is 3. The molecule has 0 saturated heterocycles. The molecule has 4 nitrogen and oxygen atoms in total. The third kappa shape index (κ3) is 0.914. The highest BCUT2D eigenvalue weighted by molar-refractivity contribution is 5.48. The molecule has 0 unspecified atom stereocenters. The van der Waals surface area contributed by atoms with Crippen LogP contribution in [0.25, 0.3) is 0 Å². The number of rotatable bonds is 1. The molecule has 0 aromatic carbocycles. The molecule has 0 radical (unpaired) electrons. The molecule has 0 amide bonds. The molecule has 0 spiro atoms. The Morgan fingerprint density at radius 3 is 2.75 bits per heavy atom. The summed E-state index contributed by atoms with van der Waals surface area (Å²) in [5, 5.41) is 7.47. The van der Waals surface area contributed by atoms with E-state index in [1.54, 1.807) is 0 Å². The van der Waals surface area contributed by atoms with Gasteiger partial charge in [0.25, 0.3) is 0 Å². The Kier molecular flexibility index (Phi) is 1.58. The van der Waals surface area contributed by atoms with Gasteiger partial charge in [0.2, 0.25) is 0 Å². The van der Waals surface area contributed by atoms with Crippen molar-refractivity contribution in [3.05, 3.63) is 11.3 Å². The molecule has 2 heterocycles. The van der Waals surface area contributed by atoms with Crippen LogP contribution >= 0.6 is 0 Å². The van der Waals surface area contributed by atoms with Crippen LogP contribution in [0, 0.1) is 0 Å². The Bertz CT molecular complexity index is 302. The summed E-state index contributed by atoms with van der Waals surface area (Å²) in [6.07, 6.45) is 0. The number of anilines is 1. The fourth-order valence-corrected chi connectivity index (χ4v) is 1.75. The predicted octanol–water partition coefficient (Wildman–Crippen LogP) is 0.407. The van der Waals surface area contributed by atoms with Gasteiger partial charge in [0.1, 0.15) is 0 Å². The van der Waals surface area contributed by atoms with Crippen molar-refractivity contribution in [1.82, 2.24) is 14.7 Å². The van der Waals surface area contributed by atoms with Gasteiger partial charge < -0.3 is 5.32 Å². The summed E-state index contributed by atoms with van der Waals surface area (Å²) in [5.74, 6) is 1.02. The Labute approximate surface area is 72.2 Å². The van der Waals surface area contributed by atoms with Gasteiger partial charge in [-0.25, -0.2) is 0 Å². The molecule has 0 saturated carbocycles. The third-order valence-corrected chi connectivity index (χ3v) is 2.36. The van der Waals surface area contributed by atoms with E-state index in [4.69, 9.17) is 0 Å². The Balaban J connectivity index is 2.45. The van der Waals surface area contributed by atoms with Crippen molar-refractivity contribution in [3.63, 3.8) is 0 Å². The molecule has 1 aliphatic rings. The smallest absolute Gasteiger partial charge is 0.152 e. The van der Waals surface area contributed by atoms with E-state index in [0.717, 1.165) is 18.9 Å². The normalized spacial score (nSPS) is 16.6. The highest BCUT2D eigenvalue weighted by Gasteiger charge is 2.23. The molecular formula is C8H14N4. The minimum absolute atomic E-state index is 1.01. The quantitative estimate of drug-likeness (QED) is 0.656. The lowest BCUT2D eigenvalue weighted by atomic mass is 10.3. The van der Waals surface area contributed by atoms with Crippen LogP contribution in [0.15, 0.2) is 0 Å². The highest BCUT2D eigenvalue weighted by Crippen LogP contribution is 2.26. The standard InChI is InChI=1S/C8H14N4/c1-9-8-6-4-11(2)5-7(6)12(3)10-8/h4-5H2,1-3H3,(H,9,10). The van der Waals surface area contributed by atoms with E-state index in [1.165, 1.54) is 11.3 Å². The van der Waals surface area contributed by atoms with Crippen LogP contribution in [0.2, 0.25) is 0 Å². The number of hydrogen-bond donors (Lipinski definition) is 1. The van der Waals surface area contributed by atoms with E-state index in [2.05, 4.69) is 22.4 Å². The van der Waals surface area contributed by atoms with E-state index in [0.29, 0.717) is 0 Å². The van der Waals surface area contributed by atoms with Crippen molar-refractivity contribution in [2.45, 2.75) is 13.1 Å². The third-order valence-electron chi connectivity index (χ3n) is 2.36. The predicted molar refractivity (Wildman–Crippen MR) is 47.9 cm³/mol. The number of fused-ring (bicyclic) bond motifs is 1. The molecule has 2 rings (SSSR count). The second-order valence-corrected chi connectivity index (χ2v) is 3.32. The lowest BCUT2D eigenvalue weighted by molar-refractivity contribution is 0.344. The summed E-state index contributed by atoms with van der Waals surface area (Å²) < 4.78 is 1.96. The van der Waals surface area contributed by atoms with Gasteiger partial charge in [-0.05, 0) is 7.05 Å². The zero-order chi connectivity index (χ0) is 8.72. The first-order valence-electron chi connectivity index (χ1n) is 4.13. The summed E-state index contributed by atoms with van der Waals surface area (Å²) in [5.41, 5.74) is 2.68. The van der Waals surface area contributed by atoms with Gasteiger partial charge in [-0.15, -0.1) is 0 Å². The zero-order valence-electron chi connectivity index (χ0n) is 7.76. The lowest BCUT2D eigenvalue weighted by Crippen LogP contribution is -2.11. The number of aryl methyl sites for hydroxylation is 1. The average molecular weight is 166 g/mol. The number of aromatic nitrogens is 2. The maximum absolute atomic E-state index is 4.36. The molecule has 0 aliphatic carbocycles. The first-order valence-corrected chi connectivity index (χ1v) is 4.13. The monoisotopic (exact) mass is 166 g/mol. The lowest BCUT2D eigenvalue weighted by Gasteiger charge is -2.06. The molecule has 1 N–H and O–H groups in total. The molecule has 4 heteroatoms. The van der Waals surface area contributed by atoms with Crippen molar-refractivity contribution in [3.8, 4) is 0 Å². The van der Waals surface area contributed by atoms with Crippen molar-refractivity contribution < 1.29 is 0 Å². The van der Waals surface area contributed by atoms with Gasteiger partial charge in [0.05, 0.1) is 5.69 Å². The zero-order valence-corrected chi connectivity index (χ0v) is 7.76. The van der Waals surface area contributed by atoms with Crippen LogP contribution in [-0.2, 0) is 20.1 Å². The second-order valence-electron chi connectivity index (χ2n) is 3.32. The van der Waals surface area contributed by atoms with E-state index >= 15 is 0 Å². The Morgan fingerprint density at radius 1 is 1.33 bits per heavy atom. The molecule has 12 heavy (non-hydrogen) atoms. The summed E-state index contributed by atoms with van der Waals surface area (Å²) in [7, 11) is 6.04. The van der Waals surface area contributed by atoms with E-state index in [-0.39, 0.29) is 0 Å². The molecule has 1 aliphatic heterocycles. The Morgan fingerprint density at radius 2 is 2.08 bits per heavy atom. The van der Waals surface area contributed by atoms with Crippen LogP contribution in [0.3, 0.4) is 0 Å². The second kappa shape index (κ2) is 2.48. The van der Waals surface area contributed by atoms with Crippen LogP contribution in [0.5, 0.6) is 0 Å². The number of nitrogens with one attached hydrogen (secondary N) is 1. The SMILES string of the molecule is CNc1nn(C)c2c1CN(C)C2. The molecular weight excluding hydrogens is 152 g/mol. The van der Waals surface area contributed by atoms with E-state index in [1.807, 2.05) is 18.8 Å². The van der Waals surface area contributed by atoms with Gasteiger partial charge >= 0.3 is 0 Å². The van der Waals surface area contributed by atoms with Gasteiger partial charge in [-0.1, -0.05) is 0 Å². The van der Waals surface area contributed by atoms with Gasteiger partial charge in [-0.3, -0.25) is 9.58 Å². The van der Waals surface area contributed by atoms with Crippen LogP contribution in [0.1, 0.15) is 11.3 Å². The van der Waals surface area contributed by atoms with Crippen molar-refractivity contribution in [2.75, 3.05) is 19.4 Å². The summed E-state index contributed by atoms with van der Waals surface area (Å²) in [4.78, 5) is 2.28. The van der Waals surface area contributed by atoms with Crippen molar-refractivity contribution in [1.29, 1.82) is 0 Å². The molecule has 0 bridgehead atoms. The van der Waals surface area contributed by atoms with Crippen LogP contribution in [0.4, 0.5) is 5.82 Å². The number of nitrogens with zero attached hydrogens (tertiary/aromatic N) is 3. The largest absolute Gasteiger partial charge is 0.371 e. The fraction of sp³-hybridized carbons (Fsp3) is 0.625. The topological polar surface area (TPSA) is 33.1 Å². The highest BCUT2D eigenvalue weighted by atomic mass is 15.3. The molecule has 1 aromatic heterocycles. The van der Waals surface area contributed by atoms with Crippen LogP contribution in [-0.4, -0.2) is 28.8 Å². The van der Waals surface area contributed by atoms with Gasteiger partial charge in [-0.2, -0.15) is 5.10 Å². The molecule has 1 aromatic rings.